The van der Waals surface area contributed by atoms with Crippen molar-refractivity contribution in [2.75, 3.05) is 20.3 Å². The fourth-order valence-corrected chi connectivity index (χ4v) is 5.51. The highest BCUT2D eigenvalue weighted by Gasteiger charge is 2.41. The van der Waals surface area contributed by atoms with Gasteiger partial charge in [0.05, 0.1) is 24.4 Å². The Bertz CT molecular complexity index is 844. The summed E-state index contributed by atoms with van der Waals surface area (Å²) in [5.41, 5.74) is 5.11. The Morgan fingerprint density at radius 1 is 1.21 bits per heavy atom. The minimum Gasteiger partial charge on any atom is -0.383 e. The summed E-state index contributed by atoms with van der Waals surface area (Å²) in [4.78, 5) is 6.93. The molecule has 1 aliphatic carbocycles. The zero-order chi connectivity index (χ0) is 20.4. The summed E-state index contributed by atoms with van der Waals surface area (Å²) < 4.78 is 7.96. The number of thiocarbonyl (C=S) groups is 1. The first-order valence-corrected chi connectivity index (χ1v) is 11.2. The fraction of sp³-hybridized carbons (Fsp3) is 0.565. The van der Waals surface area contributed by atoms with Gasteiger partial charge in [-0.3, -0.25) is 4.98 Å². The molecule has 0 bridgehead atoms. The minimum atomic E-state index is 0.0425. The van der Waals surface area contributed by atoms with Gasteiger partial charge in [0.1, 0.15) is 0 Å². The van der Waals surface area contributed by atoms with Gasteiger partial charge < -0.3 is 19.5 Å². The molecule has 6 heteroatoms. The van der Waals surface area contributed by atoms with Crippen molar-refractivity contribution < 1.29 is 4.74 Å². The first-order valence-electron chi connectivity index (χ1n) is 10.8. The van der Waals surface area contributed by atoms with Crippen molar-refractivity contribution in [3.8, 4) is 0 Å². The van der Waals surface area contributed by atoms with E-state index >= 15 is 0 Å². The molecular formula is C23H32N4OS. The fourth-order valence-electron chi connectivity index (χ4n) is 5.18. The van der Waals surface area contributed by atoms with E-state index in [9.17, 15) is 0 Å². The average molecular weight is 413 g/mol. The van der Waals surface area contributed by atoms with E-state index in [0.29, 0.717) is 12.6 Å². The molecule has 0 aromatic carbocycles. The molecule has 1 saturated carbocycles. The number of ether oxygens (including phenoxy) is 1. The molecule has 1 aliphatic heterocycles. The number of aromatic nitrogens is 2. The summed E-state index contributed by atoms with van der Waals surface area (Å²) in [5, 5.41) is 4.33. The van der Waals surface area contributed by atoms with E-state index in [0.717, 1.165) is 17.4 Å². The third-order valence-corrected chi connectivity index (χ3v) is 6.87. The van der Waals surface area contributed by atoms with E-state index in [4.69, 9.17) is 17.0 Å². The Morgan fingerprint density at radius 3 is 2.69 bits per heavy atom. The van der Waals surface area contributed by atoms with Crippen molar-refractivity contribution in [1.29, 1.82) is 0 Å². The molecule has 2 aliphatic rings. The molecule has 156 valence electrons. The molecule has 0 unspecified atom stereocenters. The topological polar surface area (TPSA) is 42.3 Å². The smallest absolute Gasteiger partial charge is 0.170 e. The van der Waals surface area contributed by atoms with Crippen molar-refractivity contribution in [1.82, 2.24) is 19.8 Å². The molecule has 2 fully saturated rings. The van der Waals surface area contributed by atoms with Crippen LogP contribution in [0.3, 0.4) is 0 Å². The second kappa shape index (κ2) is 8.84. The van der Waals surface area contributed by atoms with Crippen molar-refractivity contribution in [2.24, 2.45) is 0 Å². The first kappa shape index (κ1) is 20.4. The van der Waals surface area contributed by atoms with E-state index < -0.39 is 0 Å². The lowest BCUT2D eigenvalue weighted by atomic mass is 9.94. The van der Waals surface area contributed by atoms with Crippen LogP contribution in [0.15, 0.2) is 30.5 Å². The van der Waals surface area contributed by atoms with Crippen molar-refractivity contribution >= 4 is 17.3 Å². The van der Waals surface area contributed by atoms with E-state index in [1.165, 1.54) is 49.1 Å². The highest BCUT2D eigenvalue weighted by molar-refractivity contribution is 7.80. The highest BCUT2D eigenvalue weighted by Crippen LogP contribution is 2.42. The Hall–Kier alpha value is -1.92. The van der Waals surface area contributed by atoms with Crippen LogP contribution in [0.5, 0.6) is 0 Å². The second-order valence-electron chi connectivity index (χ2n) is 8.30. The van der Waals surface area contributed by atoms with Gasteiger partial charge in [0, 0.05) is 37.3 Å². The third-order valence-electron chi connectivity index (χ3n) is 6.52. The van der Waals surface area contributed by atoms with Crippen LogP contribution in [-0.2, 0) is 4.74 Å². The predicted octanol–water partition coefficient (Wildman–Crippen LogP) is 4.62. The van der Waals surface area contributed by atoms with Crippen molar-refractivity contribution in [3.05, 3.63) is 53.1 Å². The molecule has 5 nitrogen and oxygen atoms in total. The van der Waals surface area contributed by atoms with E-state index in [1.807, 2.05) is 18.3 Å². The van der Waals surface area contributed by atoms with Crippen LogP contribution in [0, 0.1) is 13.8 Å². The lowest BCUT2D eigenvalue weighted by Crippen LogP contribution is -2.32. The summed E-state index contributed by atoms with van der Waals surface area (Å²) in [6, 6.07) is 9.26. The maximum Gasteiger partial charge on any atom is 0.170 e. The van der Waals surface area contributed by atoms with Crippen LogP contribution in [0.1, 0.15) is 72.9 Å². The van der Waals surface area contributed by atoms with Gasteiger partial charge in [-0.1, -0.05) is 25.3 Å². The van der Waals surface area contributed by atoms with Gasteiger partial charge in [0.15, 0.2) is 5.11 Å². The molecule has 1 saturated heterocycles. The van der Waals surface area contributed by atoms with Gasteiger partial charge >= 0.3 is 0 Å². The normalized spacial score (nSPS) is 22.9. The number of pyridine rings is 1. The second-order valence-corrected chi connectivity index (χ2v) is 8.69. The molecule has 2 aromatic rings. The maximum absolute atomic E-state index is 5.74. The Morgan fingerprint density at radius 2 is 2.00 bits per heavy atom. The Balaban J connectivity index is 1.74. The lowest BCUT2D eigenvalue weighted by Gasteiger charge is -2.29. The Kier molecular flexibility index (Phi) is 6.20. The predicted molar refractivity (Wildman–Crippen MR) is 120 cm³/mol. The summed E-state index contributed by atoms with van der Waals surface area (Å²) in [7, 11) is 1.74. The SMILES string of the molecule is COCCN1C(=S)N[C@H](c2ccccn2)[C@H]1c1cc(C)n(C2CCCCC2)c1C. The van der Waals surface area contributed by atoms with Crippen LogP contribution in [-0.4, -0.2) is 39.8 Å². The van der Waals surface area contributed by atoms with Gasteiger partial charge in [-0.05, 0) is 62.7 Å². The van der Waals surface area contributed by atoms with Gasteiger partial charge in [-0.2, -0.15) is 0 Å². The first-order chi connectivity index (χ1) is 14.1. The van der Waals surface area contributed by atoms with Crippen molar-refractivity contribution in [2.45, 2.75) is 64.1 Å². The largest absolute Gasteiger partial charge is 0.383 e. The monoisotopic (exact) mass is 412 g/mol. The van der Waals surface area contributed by atoms with E-state index in [1.54, 1.807) is 7.11 Å². The molecule has 4 rings (SSSR count). The quantitative estimate of drug-likeness (QED) is 0.701. The molecule has 29 heavy (non-hydrogen) atoms. The van der Waals surface area contributed by atoms with E-state index in [-0.39, 0.29) is 12.1 Å². The van der Waals surface area contributed by atoms with Gasteiger partial charge in [-0.25, -0.2) is 0 Å². The number of rotatable bonds is 6. The van der Waals surface area contributed by atoms with Crippen LogP contribution >= 0.6 is 12.2 Å². The zero-order valence-electron chi connectivity index (χ0n) is 17.7. The van der Waals surface area contributed by atoms with Crippen LogP contribution in [0.2, 0.25) is 0 Å². The molecule has 1 N–H and O–H groups in total. The van der Waals surface area contributed by atoms with Crippen molar-refractivity contribution in [3.63, 3.8) is 0 Å². The molecule has 3 heterocycles. The van der Waals surface area contributed by atoms with Gasteiger partial charge in [0.25, 0.3) is 0 Å². The van der Waals surface area contributed by atoms with Crippen LogP contribution < -0.4 is 5.32 Å². The molecule has 0 amide bonds. The third kappa shape index (κ3) is 3.92. The summed E-state index contributed by atoms with van der Waals surface area (Å²) in [6.45, 7) is 5.95. The summed E-state index contributed by atoms with van der Waals surface area (Å²) >= 11 is 5.74. The standard InChI is InChI=1S/C23H32N4OS/c1-16-15-19(17(2)27(16)18-9-5-4-6-10-18)22-21(20-11-7-8-12-24-20)25-23(29)26(22)13-14-28-3/h7-8,11-12,15,18,21-22H,4-6,9-10,13-14H2,1-3H3,(H,25,29)/t21-,22-/m1/s1. The number of hydrogen-bond donors (Lipinski definition) is 1. The average Bonchev–Trinajstić information content (AvgIpc) is 3.23. The molecule has 2 atom stereocenters. The molecule has 2 aromatic heterocycles. The lowest BCUT2D eigenvalue weighted by molar-refractivity contribution is 0.164. The number of aryl methyl sites for hydroxylation is 1. The number of hydrogen-bond acceptors (Lipinski definition) is 3. The molecular weight excluding hydrogens is 380 g/mol. The summed E-state index contributed by atoms with van der Waals surface area (Å²) in [6.07, 6.45) is 8.48. The summed E-state index contributed by atoms with van der Waals surface area (Å²) in [5.74, 6) is 0. The number of methoxy groups -OCH3 is 1. The maximum atomic E-state index is 5.74. The van der Waals surface area contributed by atoms with E-state index in [2.05, 4.69) is 45.7 Å². The van der Waals surface area contributed by atoms with Crippen LogP contribution in [0.25, 0.3) is 0 Å². The number of nitrogens with zero attached hydrogens (tertiary/aromatic N) is 3. The minimum absolute atomic E-state index is 0.0425. The molecule has 0 radical (unpaired) electrons. The molecule has 0 spiro atoms. The van der Waals surface area contributed by atoms with Gasteiger partial charge in [0.2, 0.25) is 0 Å². The zero-order valence-corrected chi connectivity index (χ0v) is 18.5. The van der Waals surface area contributed by atoms with Crippen LogP contribution in [0.4, 0.5) is 0 Å². The van der Waals surface area contributed by atoms with Gasteiger partial charge in [-0.15, -0.1) is 0 Å². The highest BCUT2D eigenvalue weighted by atomic mass is 32.1. The number of nitrogens with one attached hydrogen (secondary N) is 1. The Labute approximate surface area is 179 Å².